The fraction of sp³-hybridized carbons (Fsp3) is 0.739. The molecule has 0 bridgehead atoms. The molecule has 0 aromatic carbocycles. The number of nitrogens with zero attached hydrogens (tertiary/aromatic N) is 1. The third-order valence-corrected chi connectivity index (χ3v) is 6.93. The minimum atomic E-state index is -0.781. The Morgan fingerprint density at radius 2 is 2.07 bits per heavy atom. The second-order valence-electron chi connectivity index (χ2n) is 8.52. The van der Waals surface area contributed by atoms with Gasteiger partial charge in [-0.1, -0.05) is 37.6 Å². The largest absolute Gasteiger partial charge is 0.481 e. The van der Waals surface area contributed by atoms with Crippen LogP contribution >= 0.6 is 0 Å². The molecule has 2 fully saturated rings. The van der Waals surface area contributed by atoms with Gasteiger partial charge in [0.15, 0.2) is 0 Å². The van der Waals surface area contributed by atoms with Crippen molar-refractivity contribution in [2.75, 3.05) is 0 Å². The van der Waals surface area contributed by atoms with Crippen LogP contribution in [0.15, 0.2) is 24.3 Å². The summed E-state index contributed by atoms with van der Waals surface area (Å²) in [6, 6.07) is 2.34. The summed E-state index contributed by atoms with van der Waals surface area (Å²) in [7, 11) is 0. The van der Waals surface area contributed by atoms with Gasteiger partial charge in [-0.15, -0.1) is 0 Å². The summed E-state index contributed by atoms with van der Waals surface area (Å²) in [5.41, 5.74) is 0.0753. The molecule has 0 aromatic rings. The van der Waals surface area contributed by atoms with Gasteiger partial charge in [-0.2, -0.15) is 5.26 Å². The maximum atomic E-state index is 10.6. The van der Waals surface area contributed by atoms with Crippen LogP contribution in [-0.2, 0) is 4.79 Å². The number of aliphatic hydroxyl groups excluding tert-OH is 2. The maximum absolute atomic E-state index is 10.6. The number of aliphatic hydroxyl groups is 2. The molecule has 1 unspecified atom stereocenters. The minimum absolute atomic E-state index is 0.0629. The van der Waals surface area contributed by atoms with E-state index in [1.807, 2.05) is 24.3 Å². The van der Waals surface area contributed by atoms with Crippen LogP contribution in [0.1, 0.15) is 71.1 Å². The lowest BCUT2D eigenvalue weighted by molar-refractivity contribution is -0.137. The van der Waals surface area contributed by atoms with E-state index in [4.69, 9.17) is 5.11 Å². The van der Waals surface area contributed by atoms with Gasteiger partial charge >= 0.3 is 5.97 Å². The first kappa shape index (κ1) is 22.6. The van der Waals surface area contributed by atoms with E-state index in [2.05, 4.69) is 13.0 Å². The third-order valence-electron chi connectivity index (χ3n) is 6.93. The van der Waals surface area contributed by atoms with E-state index in [-0.39, 0.29) is 35.7 Å². The summed E-state index contributed by atoms with van der Waals surface area (Å²) in [5.74, 6) is -0.963. The van der Waals surface area contributed by atoms with E-state index in [0.717, 1.165) is 19.3 Å². The molecule has 2 rings (SSSR count). The van der Waals surface area contributed by atoms with E-state index in [0.29, 0.717) is 32.1 Å². The van der Waals surface area contributed by atoms with Crippen LogP contribution in [0.25, 0.3) is 0 Å². The van der Waals surface area contributed by atoms with Crippen LogP contribution in [-0.4, -0.2) is 33.5 Å². The first-order chi connectivity index (χ1) is 13.4. The number of unbranched alkanes of at least 4 members (excludes halogenated alkanes) is 1. The van der Waals surface area contributed by atoms with E-state index >= 15 is 0 Å². The van der Waals surface area contributed by atoms with Crippen molar-refractivity contribution in [1.29, 1.82) is 5.26 Å². The van der Waals surface area contributed by atoms with Crippen molar-refractivity contribution in [2.24, 2.45) is 23.2 Å². The first-order valence-corrected chi connectivity index (χ1v) is 10.7. The summed E-state index contributed by atoms with van der Waals surface area (Å²) in [6.07, 6.45) is 14.8. The number of carboxylic acid groups (broad SMARTS) is 1. The van der Waals surface area contributed by atoms with Gasteiger partial charge in [-0.05, 0) is 62.7 Å². The Hall–Kier alpha value is -1.64. The summed E-state index contributed by atoms with van der Waals surface area (Å²) >= 11 is 0. The lowest BCUT2D eigenvalue weighted by Crippen LogP contribution is -2.40. The van der Waals surface area contributed by atoms with Crippen molar-refractivity contribution in [2.45, 2.75) is 83.3 Å². The topological polar surface area (TPSA) is 102 Å². The van der Waals surface area contributed by atoms with Gasteiger partial charge in [-0.3, -0.25) is 4.79 Å². The highest BCUT2D eigenvalue weighted by molar-refractivity contribution is 5.66. The number of rotatable bonds is 11. The number of nitriles is 1. The fourth-order valence-corrected chi connectivity index (χ4v) is 4.80. The van der Waals surface area contributed by atoms with Gasteiger partial charge in [0.05, 0.1) is 24.2 Å². The lowest BCUT2D eigenvalue weighted by atomic mass is 9.63. The van der Waals surface area contributed by atoms with Crippen LogP contribution in [0.5, 0.6) is 0 Å². The lowest BCUT2D eigenvalue weighted by Gasteiger charge is -2.45. The van der Waals surface area contributed by atoms with Crippen LogP contribution < -0.4 is 0 Å². The Labute approximate surface area is 168 Å². The zero-order valence-electron chi connectivity index (χ0n) is 17.0. The Kier molecular flexibility index (Phi) is 8.72. The van der Waals surface area contributed by atoms with Crippen LogP contribution in [0.4, 0.5) is 0 Å². The number of hydrogen-bond acceptors (Lipinski definition) is 4. The summed E-state index contributed by atoms with van der Waals surface area (Å²) in [5, 5.41) is 39.1. The maximum Gasteiger partial charge on any atom is 0.303 e. The average Bonchev–Trinajstić information content (AvgIpc) is 2.92. The highest BCUT2D eigenvalue weighted by Crippen LogP contribution is 2.48. The van der Waals surface area contributed by atoms with Crippen LogP contribution in [0, 0.1) is 34.5 Å². The quantitative estimate of drug-likeness (QED) is 0.363. The smallest absolute Gasteiger partial charge is 0.303 e. The molecule has 2 aliphatic carbocycles. The Bertz CT molecular complexity index is 597. The van der Waals surface area contributed by atoms with Crippen molar-refractivity contribution >= 4 is 5.97 Å². The highest BCUT2D eigenvalue weighted by Gasteiger charge is 2.42. The standard InChI is InChI=1S/C23H35NO4/c1-2-23(13-8-14-23)21(26)11-7-10-19-18(17(16-24)15-20(19)25)9-5-3-4-6-12-22(27)28/h3,5,7,10,17-21,25-26H,2,4,6,8-9,11-15H2,1H3,(H,27,28)/t17-,18+,19+,20-,21?/m1/s1. The van der Waals surface area contributed by atoms with Crippen LogP contribution in [0.3, 0.4) is 0 Å². The van der Waals surface area contributed by atoms with Gasteiger partial charge in [-0.25, -0.2) is 0 Å². The van der Waals surface area contributed by atoms with E-state index in [1.165, 1.54) is 6.42 Å². The number of allylic oxidation sites excluding steroid dienone is 2. The predicted octanol–water partition coefficient (Wildman–Crippen LogP) is 4.21. The van der Waals surface area contributed by atoms with Gasteiger partial charge in [0.2, 0.25) is 0 Å². The molecule has 0 aliphatic heterocycles. The molecule has 5 heteroatoms. The number of hydrogen-bond donors (Lipinski definition) is 3. The van der Waals surface area contributed by atoms with Crippen molar-refractivity contribution < 1.29 is 20.1 Å². The Morgan fingerprint density at radius 3 is 2.64 bits per heavy atom. The van der Waals surface area contributed by atoms with Gasteiger partial charge in [0, 0.05) is 12.3 Å². The van der Waals surface area contributed by atoms with E-state index < -0.39 is 12.1 Å². The molecular formula is C23H35NO4. The minimum Gasteiger partial charge on any atom is -0.481 e. The summed E-state index contributed by atoms with van der Waals surface area (Å²) in [4.78, 5) is 10.5. The molecule has 5 nitrogen and oxygen atoms in total. The zero-order valence-corrected chi connectivity index (χ0v) is 17.0. The molecule has 0 amide bonds. The monoisotopic (exact) mass is 389 g/mol. The van der Waals surface area contributed by atoms with Gasteiger partial charge in [0.25, 0.3) is 0 Å². The van der Waals surface area contributed by atoms with E-state index in [1.54, 1.807) is 0 Å². The predicted molar refractivity (Wildman–Crippen MR) is 108 cm³/mol. The third kappa shape index (κ3) is 5.68. The number of carbonyl (C=O) groups is 1. The molecule has 3 N–H and O–H groups in total. The van der Waals surface area contributed by atoms with Crippen molar-refractivity contribution in [3.05, 3.63) is 24.3 Å². The van der Waals surface area contributed by atoms with Crippen LogP contribution in [0.2, 0.25) is 0 Å². The normalized spacial score (nSPS) is 30.4. The molecular weight excluding hydrogens is 354 g/mol. The fourth-order valence-electron chi connectivity index (χ4n) is 4.80. The Morgan fingerprint density at radius 1 is 1.32 bits per heavy atom. The number of aliphatic carboxylic acids is 1. The molecule has 0 saturated heterocycles. The van der Waals surface area contributed by atoms with Gasteiger partial charge in [0.1, 0.15) is 0 Å². The number of carboxylic acids is 1. The van der Waals surface area contributed by atoms with E-state index in [9.17, 15) is 20.3 Å². The summed E-state index contributed by atoms with van der Waals surface area (Å²) in [6.45, 7) is 2.14. The molecule has 0 aromatic heterocycles. The van der Waals surface area contributed by atoms with Crippen molar-refractivity contribution in [3.8, 4) is 6.07 Å². The summed E-state index contributed by atoms with van der Waals surface area (Å²) < 4.78 is 0. The molecule has 0 spiro atoms. The zero-order chi connectivity index (χ0) is 20.6. The molecule has 0 heterocycles. The van der Waals surface area contributed by atoms with Gasteiger partial charge < -0.3 is 15.3 Å². The Balaban J connectivity index is 1.89. The highest BCUT2D eigenvalue weighted by atomic mass is 16.4. The molecule has 156 valence electrons. The molecule has 0 radical (unpaired) electrons. The molecule has 2 aliphatic rings. The average molecular weight is 390 g/mol. The second kappa shape index (κ2) is 10.8. The first-order valence-electron chi connectivity index (χ1n) is 10.7. The van der Waals surface area contributed by atoms with Crippen molar-refractivity contribution in [3.63, 3.8) is 0 Å². The molecule has 2 saturated carbocycles. The second-order valence-corrected chi connectivity index (χ2v) is 8.52. The van der Waals surface area contributed by atoms with Crippen molar-refractivity contribution in [1.82, 2.24) is 0 Å². The SMILES string of the molecule is CCC1(C(O)CC=C[C@H]2[C@@H](CC=CCCCC(=O)O)[C@@H](C#N)C[C@H]2O)CCC1. The molecule has 28 heavy (non-hydrogen) atoms. The molecule has 5 atom stereocenters.